The van der Waals surface area contributed by atoms with Crippen molar-refractivity contribution in [3.63, 3.8) is 0 Å². The van der Waals surface area contributed by atoms with Crippen molar-refractivity contribution in [2.24, 2.45) is 0 Å². The molecule has 0 amide bonds. The Morgan fingerprint density at radius 3 is 2.00 bits per heavy atom. The van der Waals surface area contributed by atoms with Crippen molar-refractivity contribution in [3.05, 3.63) is 30.3 Å². The van der Waals surface area contributed by atoms with Gasteiger partial charge in [0, 0.05) is 0 Å². The Morgan fingerprint density at radius 2 is 1.57 bits per heavy atom. The first-order chi connectivity index (χ1) is 5.99. The molecule has 0 atom stereocenters. The SMILES string of the molecule is C[Si-](O[Si](C)(C)C)c1ccccc1.[Li+]. The van der Waals surface area contributed by atoms with Crippen LogP contribution in [0.5, 0.6) is 0 Å². The van der Waals surface area contributed by atoms with Gasteiger partial charge in [-0.25, -0.2) is 0 Å². The molecule has 0 heterocycles. The molecule has 14 heavy (non-hydrogen) atoms. The van der Waals surface area contributed by atoms with Crippen LogP contribution in [0.15, 0.2) is 30.3 Å². The van der Waals surface area contributed by atoms with Gasteiger partial charge in [0.2, 0.25) is 0 Å². The standard InChI is InChI=1S/C10H17OSi2.Li/c1-12(11-13(2,3)4)10-8-6-5-7-9-10;/h5-9H,1-4H3;/q-1;+1. The molecule has 0 saturated carbocycles. The first-order valence-corrected chi connectivity index (χ1v) is 9.89. The van der Waals surface area contributed by atoms with Crippen molar-refractivity contribution in [1.29, 1.82) is 0 Å². The Hall–Kier alpha value is 0.211. The predicted octanol–water partition coefficient (Wildman–Crippen LogP) is -0.630. The molecular weight excluding hydrogens is 199 g/mol. The molecule has 1 nitrogen and oxygen atoms in total. The van der Waals surface area contributed by atoms with Gasteiger partial charge >= 0.3 is 18.9 Å². The van der Waals surface area contributed by atoms with E-state index in [0.717, 1.165) is 0 Å². The van der Waals surface area contributed by atoms with Crippen molar-refractivity contribution < 1.29 is 23.0 Å². The summed E-state index contributed by atoms with van der Waals surface area (Å²) in [5, 5.41) is 1.37. The molecule has 1 aromatic rings. The number of rotatable bonds is 3. The average molecular weight is 216 g/mol. The van der Waals surface area contributed by atoms with E-state index in [2.05, 4.69) is 50.5 Å². The van der Waals surface area contributed by atoms with E-state index in [0.29, 0.717) is 0 Å². The molecular formula is C10H17LiOSi2. The summed E-state index contributed by atoms with van der Waals surface area (Å²) < 4.78 is 6.06. The van der Waals surface area contributed by atoms with Crippen LogP contribution in [0.4, 0.5) is 0 Å². The van der Waals surface area contributed by atoms with E-state index in [4.69, 9.17) is 4.12 Å². The summed E-state index contributed by atoms with van der Waals surface area (Å²) in [6, 6.07) is 10.5. The molecule has 0 aromatic heterocycles. The zero-order chi connectivity index (χ0) is 9.90. The average Bonchev–Trinajstić information content (AvgIpc) is 2.03. The monoisotopic (exact) mass is 216 g/mol. The van der Waals surface area contributed by atoms with Gasteiger partial charge in [0.15, 0.2) is 0 Å². The molecule has 0 aliphatic heterocycles. The van der Waals surface area contributed by atoms with E-state index < -0.39 is 17.4 Å². The van der Waals surface area contributed by atoms with Crippen LogP contribution < -0.4 is 24.0 Å². The summed E-state index contributed by atoms with van der Waals surface area (Å²) in [6.07, 6.45) is 0. The van der Waals surface area contributed by atoms with E-state index in [-0.39, 0.29) is 18.9 Å². The normalized spacial score (nSPS) is 10.6. The van der Waals surface area contributed by atoms with Gasteiger partial charge in [-0.15, -0.1) is 0 Å². The Labute approximate surface area is 102 Å². The van der Waals surface area contributed by atoms with Gasteiger partial charge in [-0.2, -0.15) is 20.8 Å². The summed E-state index contributed by atoms with van der Waals surface area (Å²) >= 11 is 0. The second-order valence-electron chi connectivity index (χ2n) is 4.14. The maximum Gasteiger partial charge on any atom is 1.00 e. The van der Waals surface area contributed by atoms with Gasteiger partial charge in [-0.05, 0) is 19.6 Å². The summed E-state index contributed by atoms with van der Waals surface area (Å²) in [5.41, 5.74) is 0. The summed E-state index contributed by atoms with van der Waals surface area (Å²) in [5.74, 6) is 0. The van der Waals surface area contributed by atoms with Crippen LogP contribution in [-0.2, 0) is 4.12 Å². The van der Waals surface area contributed by atoms with Crippen LogP contribution in [0.1, 0.15) is 0 Å². The molecule has 72 valence electrons. The van der Waals surface area contributed by atoms with Crippen LogP contribution in [0.3, 0.4) is 0 Å². The van der Waals surface area contributed by atoms with Gasteiger partial charge in [0.25, 0.3) is 0 Å². The fourth-order valence-electron chi connectivity index (χ4n) is 1.19. The first kappa shape index (κ1) is 14.2. The minimum atomic E-state index is -1.36. The minimum absolute atomic E-state index is 0. The zero-order valence-corrected chi connectivity index (χ0v) is 11.8. The van der Waals surface area contributed by atoms with Gasteiger partial charge in [-0.1, -0.05) is 30.3 Å². The second-order valence-corrected chi connectivity index (χ2v) is 10.9. The number of benzene rings is 1. The molecule has 0 aliphatic rings. The zero-order valence-electron chi connectivity index (χ0n) is 9.79. The Morgan fingerprint density at radius 1 is 1.07 bits per heavy atom. The largest absolute Gasteiger partial charge is 1.00 e. The number of hydrogen-bond donors (Lipinski definition) is 0. The van der Waals surface area contributed by atoms with Crippen LogP contribution in [-0.4, -0.2) is 17.4 Å². The molecule has 0 bridgehead atoms. The van der Waals surface area contributed by atoms with Crippen molar-refractivity contribution in [2.45, 2.75) is 26.2 Å². The Balaban J connectivity index is 0.00000169. The van der Waals surface area contributed by atoms with Crippen molar-refractivity contribution in [3.8, 4) is 0 Å². The van der Waals surface area contributed by atoms with E-state index in [1.165, 1.54) is 5.19 Å². The van der Waals surface area contributed by atoms with Gasteiger partial charge < -0.3 is 4.12 Å². The van der Waals surface area contributed by atoms with Crippen molar-refractivity contribution in [2.75, 3.05) is 0 Å². The number of hydrogen-bond acceptors (Lipinski definition) is 1. The molecule has 0 saturated heterocycles. The third-order valence-corrected chi connectivity index (χ3v) is 6.46. The topological polar surface area (TPSA) is 9.23 Å². The summed E-state index contributed by atoms with van der Waals surface area (Å²) in [6.45, 7) is 8.94. The molecule has 0 fully saturated rings. The second kappa shape index (κ2) is 5.94. The van der Waals surface area contributed by atoms with E-state index >= 15 is 0 Å². The maximum atomic E-state index is 6.06. The smallest absolute Gasteiger partial charge is 0.605 e. The van der Waals surface area contributed by atoms with Crippen molar-refractivity contribution in [1.82, 2.24) is 0 Å². The molecule has 4 heteroatoms. The van der Waals surface area contributed by atoms with Crippen LogP contribution >= 0.6 is 0 Å². The van der Waals surface area contributed by atoms with Gasteiger partial charge in [0.1, 0.15) is 8.32 Å². The fourth-order valence-corrected chi connectivity index (χ4v) is 6.00. The van der Waals surface area contributed by atoms with Crippen molar-refractivity contribution >= 4 is 22.5 Å². The molecule has 0 aliphatic carbocycles. The molecule has 0 N–H and O–H groups in total. The molecule has 0 radical (unpaired) electrons. The van der Waals surface area contributed by atoms with Crippen LogP contribution in [0, 0.1) is 0 Å². The fraction of sp³-hybridized carbons (Fsp3) is 0.400. The van der Waals surface area contributed by atoms with E-state index in [9.17, 15) is 0 Å². The van der Waals surface area contributed by atoms with E-state index in [1.54, 1.807) is 0 Å². The maximum absolute atomic E-state index is 6.06. The predicted molar refractivity (Wildman–Crippen MR) is 62.1 cm³/mol. The Kier molecular flexibility index (Phi) is 6.03. The summed E-state index contributed by atoms with van der Waals surface area (Å²) in [7, 11) is -2.12. The van der Waals surface area contributed by atoms with Gasteiger partial charge in [-0.3, -0.25) is 0 Å². The third kappa shape index (κ3) is 5.18. The quantitative estimate of drug-likeness (QED) is 0.611. The van der Waals surface area contributed by atoms with E-state index in [1.807, 2.05) is 6.07 Å². The molecule has 0 spiro atoms. The summed E-state index contributed by atoms with van der Waals surface area (Å²) in [4.78, 5) is 0. The minimum Gasteiger partial charge on any atom is -0.605 e. The molecule has 0 unspecified atom stereocenters. The van der Waals surface area contributed by atoms with Gasteiger partial charge in [0.05, 0.1) is 0 Å². The van der Waals surface area contributed by atoms with Crippen LogP contribution in [0.2, 0.25) is 26.2 Å². The Bertz CT molecular complexity index is 259. The molecule has 1 rings (SSSR count). The first-order valence-electron chi connectivity index (χ1n) is 4.57. The van der Waals surface area contributed by atoms with Crippen LogP contribution in [0.25, 0.3) is 0 Å². The third-order valence-electron chi connectivity index (χ3n) is 1.64. The molecule has 1 aromatic carbocycles.